The first-order chi connectivity index (χ1) is 28.8. The Balaban J connectivity index is 1.11. The molecule has 1 unspecified atom stereocenters. The summed E-state index contributed by atoms with van der Waals surface area (Å²) in [5.41, 5.74) is 14.3. The van der Waals surface area contributed by atoms with Crippen LogP contribution in [0.3, 0.4) is 0 Å². The third-order valence-electron chi connectivity index (χ3n) is 11.4. The van der Waals surface area contributed by atoms with Gasteiger partial charge >= 0.3 is 0 Å². The quantitative estimate of drug-likeness (QED) is 0.175. The van der Waals surface area contributed by atoms with Crippen molar-refractivity contribution in [3.8, 4) is 45.2 Å². The van der Waals surface area contributed by atoms with Gasteiger partial charge in [0, 0.05) is 67.9 Å². The molecular weight excluding hydrogens is 749 g/mol. The number of hydrogen-bond acceptors (Lipinski definition) is 8. The molecule has 0 fully saturated rings. The molecule has 0 saturated heterocycles. The average molecular weight is 779 g/mol. The van der Waals surface area contributed by atoms with Gasteiger partial charge in [0.25, 0.3) is 0 Å². The van der Waals surface area contributed by atoms with Gasteiger partial charge in [-0.05, 0) is 76.9 Å². The summed E-state index contributed by atoms with van der Waals surface area (Å²) in [5.74, 6) is 0.670. The van der Waals surface area contributed by atoms with Crippen molar-refractivity contribution < 1.29 is 0 Å². The van der Waals surface area contributed by atoms with Gasteiger partial charge in [-0.25, -0.2) is 15.0 Å². The summed E-state index contributed by atoms with van der Waals surface area (Å²) in [6.07, 6.45) is 9.23. The maximum absolute atomic E-state index is 5.51. The molecule has 3 aliphatic rings. The summed E-state index contributed by atoms with van der Waals surface area (Å²) in [6, 6.07) is 54.0. The first-order valence-corrected chi connectivity index (χ1v) is 20.8. The van der Waals surface area contributed by atoms with Gasteiger partial charge < -0.3 is 4.90 Å². The van der Waals surface area contributed by atoms with Gasteiger partial charge in [0.05, 0.1) is 44.5 Å². The lowest BCUT2D eigenvalue weighted by atomic mass is 9.67. The molecular formula is C50H30N6S2. The molecule has 5 aromatic carbocycles. The first kappa shape index (κ1) is 33.3. The molecule has 1 aliphatic carbocycles. The van der Waals surface area contributed by atoms with Crippen molar-refractivity contribution in [1.29, 1.82) is 0 Å². The van der Waals surface area contributed by atoms with Gasteiger partial charge in [0.1, 0.15) is 0 Å². The van der Waals surface area contributed by atoms with E-state index in [0.717, 1.165) is 67.5 Å². The largest absolute Gasteiger partial charge is 0.308 e. The van der Waals surface area contributed by atoms with E-state index < -0.39 is 5.41 Å². The second-order valence-corrected chi connectivity index (χ2v) is 16.5. The van der Waals surface area contributed by atoms with Crippen LogP contribution in [0.2, 0.25) is 0 Å². The Kier molecular flexibility index (Phi) is 7.51. The van der Waals surface area contributed by atoms with Crippen molar-refractivity contribution in [2.24, 2.45) is 0 Å². The molecule has 4 aromatic heterocycles. The number of anilines is 3. The van der Waals surface area contributed by atoms with E-state index >= 15 is 0 Å². The minimum absolute atomic E-state index is 0.644. The number of benzene rings is 5. The molecule has 0 saturated carbocycles. The number of para-hydroxylation sites is 2. The topological polar surface area (TPSA) is 67.7 Å². The molecule has 12 rings (SSSR count). The fraction of sp³-hybridized carbons (Fsp3) is 0.0200. The minimum atomic E-state index is -0.644. The lowest BCUT2D eigenvalue weighted by Crippen LogP contribution is -2.32. The highest BCUT2D eigenvalue weighted by atomic mass is 32.2. The Morgan fingerprint density at radius 1 is 0.431 bits per heavy atom. The fourth-order valence-corrected chi connectivity index (χ4v) is 11.6. The Labute approximate surface area is 343 Å². The van der Waals surface area contributed by atoms with Crippen LogP contribution in [0, 0.1) is 0 Å². The Morgan fingerprint density at radius 2 is 1.10 bits per heavy atom. The van der Waals surface area contributed by atoms with E-state index in [2.05, 4.69) is 147 Å². The molecule has 272 valence electrons. The molecule has 2 aliphatic heterocycles. The summed E-state index contributed by atoms with van der Waals surface area (Å²) in [5, 5.41) is 0. The maximum atomic E-state index is 5.51. The van der Waals surface area contributed by atoms with Gasteiger partial charge in [-0.1, -0.05) is 121 Å². The summed E-state index contributed by atoms with van der Waals surface area (Å²) >= 11 is 3.73. The maximum Gasteiger partial charge on any atom is 0.159 e. The van der Waals surface area contributed by atoms with E-state index in [1.54, 1.807) is 12.4 Å². The van der Waals surface area contributed by atoms with Crippen LogP contribution in [0.15, 0.2) is 202 Å². The molecule has 58 heavy (non-hydrogen) atoms. The number of pyridine rings is 3. The molecule has 6 nitrogen and oxygen atoms in total. The molecule has 9 aromatic rings. The molecule has 8 heteroatoms. The molecule has 0 amide bonds. The predicted octanol–water partition coefficient (Wildman–Crippen LogP) is 12.4. The number of nitrogens with zero attached hydrogens (tertiary/aromatic N) is 6. The van der Waals surface area contributed by atoms with Gasteiger partial charge in [0.2, 0.25) is 0 Å². The van der Waals surface area contributed by atoms with Crippen molar-refractivity contribution >= 4 is 40.6 Å². The van der Waals surface area contributed by atoms with Crippen LogP contribution in [0.5, 0.6) is 0 Å². The number of rotatable bonds is 4. The Morgan fingerprint density at radius 3 is 1.97 bits per heavy atom. The van der Waals surface area contributed by atoms with E-state index in [1.165, 1.54) is 30.7 Å². The van der Waals surface area contributed by atoms with Crippen molar-refractivity contribution in [3.63, 3.8) is 0 Å². The fourth-order valence-electron chi connectivity index (χ4n) is 9.06. The monoisotopic (exact) mass is 778 g/mol. The van der Waals surface area contributed by atoms with E-state index in [9.17, 15) is 0 Å². The van der Waals surface area contributed by atoms with Gasteiger partial charge in [0.15, 0.2) is 5.82 Å². The molecule has 0 radical (unpaired) electrons. The zero-order valence-electron chi connectivity index (χ0n) is 30.8. The average Bonchev–Trinajstić information content (AvgIpc) is 3.58. The van der Waals surface area contributed by atoms with Crippen molar-refractivity contribution in [2.75, 3.05) is 4.90 Å². The van der Waals surface area contributed by atoms with Crippen molar-refractivity contribution in [2.45, 2.75) is 25.0 Å². The van der Waals surface area contributed by atoms with Crippen LogP contribution < -0.4 is 4.90 Å². The summed E-state index contributed by atoms with van der Waals surface area (Å²) in [4.78, 5) is 31.7. The summed E-state index contributed by atoms with van der Waals surface area (Å²) in [6.45, 7) is 0. The van der Waals surface area contributed by atoms with Crippen molar-refractivity contribution in [3.05, 3.63) is 205 Å². The highest BCUT2D eigenvalue weighted by Crippen LogP contribution is 2.65. The highest BCUT2D eigenvalue weighted by Gasteiger charge is 2.52. The van der Waals surface area contributed by atoms with Gasteiger partial charge in [-0.15, -0.1) is 0 Å². The smallest absolute Gasteiger partial charge is 0.159 e. The van der Waals surface area contributed by atoms with Crippen LogP contribution in [0.25, 0.3) is 45.2 Å². The second-order valence-electron chi connectivity index (χ2n) is 14.4. The van der Waals surface area contributed by atoms with E-state index in [0.29, 0.717) is 5.82 Å². The summed E-state index contributed by atoms with van der Waals surface area (Å²) < 4.78 is 0. The Hall–Kier alpha value is -6.87. The zero-order chi connectivity index (χ0) is 38.2. The SMILES string of the molecule is c1cnc(-c2ccccc2-c2ccc3c(n2)-c2ncccc2C32c3ccccc3Sc3c2ccc2c3Sc3ccccc3N2c2ccccc2-c2cccnc2)nc1. The van der Waals surface area contributed by atoms with Crippen LogP contribution in [0.4, 0.5) is 17.1 Å². The minimum Gasteiger partial charge on any atom is -0.308 e. The second kappa shape index (κ2) is 13.1. The highest BCUT2D eigenvalue weighted by molar-refractivity contribution is 8.02. The zero-order valence-corrected chi connectivity index (χ0v) is 32.5. The number of fused-ring (bicyclic) bond motifs is 12. The summed E-state index contributed by atoms with van der Waals surface area (Å²) in [7, 11) is 0. The van der Waals surface area contributed by atoms with E-state index in [4.69, 9.17) is 9.97 Å². The third kappa shape index (κ3) is 4.79. The van der Waals surface area contributed by atoms with Gasteiger partial charge in [-0.3, -0.25) is 9.97 Å². The van der Waals surface area contributed by atoms with E-state index in [1.807, 2.05) is 66.4 Å². The normalized spacial score (nSPS) is 15.5. The van der Waals surface area contributed by atoms with Gasteiger partial charge in [-0.2, -0.15) is 0 Å². The first-order valence-electron chi connectivity index (χ1n) is 19.1. The molecule has 0 bridgehead atoms. The Bertz CT molecular complexity index is 3100. The van der Waals surface area contributed by atoms with Crippen LogP contribution in [-0.4, -0.2) is 24.9 Å². The van der Waals surface area contributed by atoms with Crippen molar-refractivity contribution in [1.82, 2.24) is 24.9 Å². The lowest BCUT2D eigenvalue weighted by Gasteiger charge is -2.42. The molecule has 0 N–H and O–H groups in total. The number of aromatic nitrogens is 5. The van der Waals surface area contributed by atoms with Crippen LogP contribution >= 0.6 is 23.5 Å². The lowest BCUT2D eigenvalue weighted by molar-refractivity contribution is 0.711. The van der Waals surface area contributed by atoms with Crippen LogP contribution in [-0.2, 0) is 5.41 Å². The predicted molar refractivity (Wildman–Crippen MR) is 232 cm³/mol. The molecule has 6 heterocycles. The third-order valence-corrected chi connectivity index (χ3v) is 13.9. The van der Waals surface area contributed by atoms with E-state index in [-0.39, 0.29) is 0 Å². The van der Waals surface area contributed by atoms with Crippen LogP contribution in [0.1, 0.15) is 22.3 Å². The molecule has 1 spiro atoms. The molecule has 1 atom stereocenters. The number of hydrogen-bond donors (Lipinski definition) is 0. The standard InChI is InChI=1S/C50H30N6S2/c1-2-15-34(49-53-28-11-29-54-49)33(14-1)39-24-22-37-46(55-39)45-36(17-10-27-52-45)50(37)35-16-4-7-20-43(35)57-47-38(50)23-25-42-48(47)58-44-21-8-6-19-41(44)56(42)40-18-5-3-13-32(40)31-12-9-26-51-30-31/h1-30H.